The van der Waals surface area contributed by atoms with Crippen LogP contribution in [0.25, 0.3) is 11.4 Å². The average molecular weight is 447 g/mol. The molecule has 30 heavy (non-hydrogen) atoms. The molecule has 1 fully saturated rings. The maximum absolute atomic E-state index is 12.6. The third-order valence-corrected chi connectivity index (χ3v) is 6.07. The van der Waals surface area contributed by atoms with E-state index < -0.39 is 47.2 Å². The van der Waals surface area contributed by atoms with E-state index in [4.69, 9.17) is 0 Å². The van der Waals surface area contributed by atoms with Crippen LogP contribution in [0.3, 0.4) is 0 Å². The number of nitrogens with zero attached hydrogens (tertiary/aromatic N) is 5. The standard InChI is InChI=1S/C16H16F3N5O5S/c1-22(2)30(27,28)23-8-12(25)24(13(26)9-23)7-10-3-5-11(6-4-10)14-20-15(29-21-14)16(17,18)19/h3-6H,7-9H2,1-2H3. The highest BCUT2D eigenvalue weighted by molar-refractivity contribution is 7.86. The smallest absolute Gasteiger partial charge is 0.329 e. The van der Waals surface area contributed by atoms with E-state index in [-0.39, 0.29) is 17.9 Å². The highest BCUT2D eigenvalue weighted by atomic mass is 32.2. The predicted molar refractivity (Wildman–Crippen MR) is 94.5 cm³/mol. The second-order valence-electron chi connectivity index (χ2n) is 6.55. The van der Waals surface area contributed by atoms with Gasteiger partial charge >= 0.3 is 12.1 Å². The van der Waals surface area contributed by atoms with Crippen molar-refractivity contribution in [2.45, 2.75) is 12.7 Å². The van der Waals surface area contributed by atoms with Crippen LogP contribution in [0.2, 0.25) is 0 Å². The lowest BCUT2D eigenvalue weighted by Gasteiger charge is -2.33. The Morgan fingerprint density at radius 3 is 2.13 bits per heavy atom. The Labute approximate surface area is 169 Å². The van der Waals surface area contributed by atoms with Crippen LogP contribution in [0.1, 0.15) is 11.5 Å². The minimum absolute atomic E-state index is 0.117. The second-order valence-corrected chi connectivity index (χ2v) is 8.69. The predicted octanol–water partition coefficient (Wildman–Crippen LogP) is 0.733. The molecule has 1 saturated heterocycles. The van der Waals surface area contributed by atoms with Crippen LogP contribution >= 0.6 is 0 Å². The molecule has 1 aromatic heterocycles. The summed E-state index contributed by atoms with van der Waals surface area (Å²) in [7, 11) is -1.33. The zero-order valence-electron chi connectivity index (χ0n) is 15.8. The summed E-state index contributed by atoms with van der Waals surface area (Å²) in [6, 6.07) is 5.81. The molecule has 0 aliphatic carbocycles. The minimum Gasteiger partial charge on any atom is -0.329 e. The monoisotopic (exact) mass is 447 g/mol. The van der Waals surface area contributed by atoms with Gasteiger partial charge in [-0.05, 0) is 5.56 Å². The number of amides is 2. The summed E-state index contributed by atoms with van der Waals surface area (Å²) in [6.45, 7) is -1.07. The lowest BCUT2D eigenvalue weighted by Crippen LogP contribution is -2.56. The first-order valence-electron chi connectivity index (χ1n) is 8.40. The van der Waals surface area contributed by atoms with Gasteiger partial charge < -0.3 is 4.52 Å². The molecule has 2 aromatic rings. The van der Waals surface area contributed by atoms with Gasteiger partial charge in [0.15, 0.2) is 0 Å². The largest absolute Gasteiger partial charge is 0.471 e. The summed E-state index contributed by atoms with van der Waals surface area (Å²) in [6.07, 6.45) is -4.76. The molecule has 0 spiro atoms. The number of hydrogen-bond acceptors (Lipinski definition) is 7. The second kappa shape index (κ2) is 7.77. The number of piperazine rings is 1. The Morgan fingerprint density at radius 1 is 1.10 bits per heavy atom. The van der Waals surface area contributed by atoms with E-state index >= 15 is 0 Å². The number of imide groups is 1. The van der Waals surface area contributed by atoms with Crippen LogP contribution < -0.4 is 0 Å². The van der Waals surface area contributed by atoms with Gasteiger partial charge in [0.1, 0.15) is 0 Å². The molecule has 0 N–H and O–H groups in total. The Morgan fingerprint density at radius 2 is 1.67 bits per heavy atom. The van der Waals surface area contributed by atoms with Crippen molar-refractivity contribution in [2.24, 2.45) is 0 Å². The number of aromatic nitrogens is 2. The van der Waals surface area contributed by atoms with Crippen molar-refractivity contribution in [1.29, 1.82) is 0 Å². The van der Waals surface area contributed by atoms with E-state index in [1.807, 2.05) is 0 Å². The van der Waals surface area contributed by atoms with Crippen LogP contribution in [-0.2, 0) is 32.5 Å². The third kappa shape index (κ3) is 4.34. The molecule has 10 nitrogen and oxygen atoms in total. The fourth-order valence-corrected chi connectivity index (χ4v) is 3.64. The molecule has 162 valence electrons. The van der Waals surface area contributed by atoms with Crippen LogP contribution in [0, 0.1) is 0 Å². The lowest BCUT2D eigenvalue weighted by atomic mass is 10.1. The zero-order valence-corrected chi connectivity index (χ0v) is 16.6. The number of hydrogen-bond donors (Lipinski definition) is 0. The van der Waals surface area contributed by atoms with Gasteiger partial charge in [0.2, 0.25) is 17.6 Å². The van der Waals surface area contributed by atoms with E-state index in [0.29, 0.717) is 5.56 Å². The van der Waals surface area contributed by atoms with E-state index in [2.05, 4.69) is 14.7 Å². The molecule has 0 unspecified atom stereocenters. The van der Waals surface area contributed by atoms with Crippen molar-refractivity contribution in [3.8, 4) is 11.4 Å². The summed E-state index contributed by atoms with van der Waals surface area (Å²) in [4.78, 5) is 28.8. The van der Waals surface area contributed by atoms with Gasteiger partial charge in [-0.2, -0.15) is 35.2 Å². The van der Waals surface area contributed by atoms with Gasteiger partial charge in [0.25, 0.3) is 10.2 Å². The van der Waals surface area contributed by atoms with Crippen molar-refractivity contribution < 1.29 is 35.7 Å². The number of rotatable bonds is 5. The van der Waals surface area contributed by atoms with Gasteiger partial charge in [-0.25, -0.2) is 0 Å². The molecular weight excluding hydrogens is 431 g/mol. The molecule has 3 rings (SSSR count). The van der Waals surface area contributed by atoms with Crippen molar-refractivity contribution in [1.82, 2.24) is 23.7 Å². The Hall–Kier alpha value is -2.84. The molecule has 0 radical (unpaired) electrons. The minimum atomic E-state index is -4.76. The molecule has 14 heteroatoms. The first kappa shape index (κ1) is 21.9. The van der Waals surface area contributed by atoms with Crippen LogP contribution in [0.5, 0.6) is 0 Å². The quantitative estimate of drug-likeness (QED) is 0.621. The normalized spacial score (nSPS) is 16.5. The van der Waals surface area contributed by atoms with E-state index in [0.717, 1.165) is 13.5 Å². The fraction of sp³-hybridized carbons (Fsp3) is 0.375. The van der Waals surface area contributed by atoms with Gasteiger partial charge in [0.05, 0.1) is 19.6 Å². The lowest BCUT2D eigenvalue weighted by molar-refractivity contribution is -0.159. The van der Waals surface area contributed by atoms with Crippen molar-refractivity contribution >= 4 is 22.0 Å². The molecular formula is C16H16F3N5O5S. The highest BCUT2D eigenvalue weighted by Crippen LogP contribution is 2.29. The number of benzene rings is 1. The number of carbonyl (C=O) groups is 2. The third-order valence-electron chi connectivity index (χ3n) is 4.23. The topological polar surface area (TPSA) is 117 Å². The van der Waals surface area contributed by atoms with Crippen LogP contribution in [-0.4, -0.2) is 71.1 Å². The van der Waals surface area contributed by atoms with Crippen LogP contribution in [0.15, 0.2) is 28.8 Å². The SMILES string of the molecule is CN(C)S(=O)(=O)N1CC(=O)N(Cc2ccc(-c3noc(C(F)(F)F)n3)cc2)C(=O)C1. The molecule has 0 saturated carbocycles. The Balaban J connectivity index is 1.71. The molecule has 0 bridgehead atoms. The summed E-state index contributed by atoms with van der Waals surface area (Å²) >= 11 is 0. The first-order chi connectivity index (χ1) is 13.9. The number of carbonyl (C=O) groups excluding carboxylic acids is 2. The summed E-state index contributed by atoms with van der Waals surface area (Å²) < 4.78 is 67.8. The Kier molecular flexibility index (Phi) is 5.66. The van der Waals surface area contributed by atoms with E-state index in [9.17, 15) is 31.2 Å². The average Bonchev–Trinajstić information content (AvgIpc) is 3.15. The van der Waals surface area contributed by atoms with Crippen molar-refractivity contribution in [3.05, 3.63) is 35.7 Å². The molecule has 2 heterocycles. The van der Waals surface area contributed by atoms with E-state index in [1.54, 1.807) is 0 Å². The maximum Gasteiger partial charge on any atom is 0.471 e. The zero-order chi connectivity index (χ0) is 22.3. The molecule has 1 aliphatic heterocycles. The molecule has 0 atom stereocenters. The van der Waals surface area contributed by atoms with Crippen molar-refractivity contribution in [2.75, 3.05) is 27.2 Å². The summed E-state index contributed by atoms with van der Waals surface area (Å²) in [5.41, 5.74) is 0.751. The van der Waals surface area contributed by atoms with Gasteiger partial charge in [-0.15, -0.1) is 0 Å². The maximum atomic E-state index is 12.6. The van der Waals surface area contributed by atoms with Gasteiger partial charge in [-0.3, -0.25) is 14.5 Å². The van der Waals surface area contributed by atoms with E-state index in [1.165, 1.54) is 38.4 Å². The van der Waals surface area contributed by atoms with Crippen molar-refractivity contribution in [3.63, 3.8) is 0 Å². The molecule has 2 amide bonds. The fourth-order valence-electron chi connectivity index (χ4n) is 2.64. The number of alkyl halides is 3. The summed E-state index contributed by atoms with van der Waals surface area (Å²) in [5, 5.41) is 3.28. The summed E-state index contributed by atoms with van der Waals surface area (Å²) in [5.74, 6) is -3.10. The highest BCUT2D eigenvalue weighted by Gasteiger charge is 2.39. The number of halogens is 3. The molecule has 1 aliphatic rings. The van der Waals surface area contributed by atoms with Crippen LogP contribution in [0.4, 0.5) is 13.2 Å². The van der Waals surface area contributed by atoms with Gasteiger partial charge in [0, 0.05) is 19.7 Å². The van der Waals surface area contributed by atoms with Gasteiger partial charge in [-0.1, -0.05) is 29.4 Å². The first-order valence-corrected chi connectivity index (χ1v) is 9.80. The Bertz CT molecular complexity index is 1050. The molecule has 1 aromatic carbocycles.